The van der Waals surface area contributed by atoms with Crippen LogP contribution in [0.15, 0.2) is 58.9 Å². The molecule has 1 saturated heterocycles. The number of piperazine rings is 1. The second-order valence-electron chi connectivity index (χ2n) is 10.8. The van der Waals surface area contributed by atoms with E-state index in [4.69, 9.17) is 0 Å². The third-order valence-electron chi connectivity index (χ3n) is 7.79. The number of aromatic nitrogens is 1. The number of thiazole rings is 1. The maximum atomic E-state index is 13.0. The summed E-state index contributed by atoms with van der Waals surface area (Å²) in [6, 6.07) is 15.3. The molecule has 2 heterocycles. The molecule has 3 aromatic rings. The van der Waals surface area contributed by atoms with Gasteiger partial charge in [0.05, 0.1) is 16.5 Å². The van der Waals surface area contributed by atoms with Crippen molar-refractivity contribution in [2.24, 2.45) is 0 Å². The quantitative estimate of drug-likeness (QED) is 0.309. The van der Waals surface area contributed by atoms with Crippen LogP contribution in [0.25, 0.3) is 0 Å². The fourth-order valence-corrected chi connectivity index (χ4v) is 7.09. The van der Waals surface area contributed by atoms with Crippen molar-refractivity contribution in [1.82, 2.24) is 20.1 Å². The highest BCUT2D eigenvalue weighted by Gasteiger charge is 2.24. The van der Waals surface area contributed by atoms with Gasteiger partial charge in [-0.3, -0.25) is 19.7 Å². The Morgan fingerprint density at radius 1 is 0.976 bits per heavy atom. The minimum absolute atomic E-state index is 0.0137. The predicted molar refractivity (Wildman–Crippen MR) is 166 cm³/mol. The zero-order valence-electron chi connectivity index (χ0n) is 23.8. The molecule has 2 aliphatic rings. The van der Waals surface area contributed by atoms with Crippen molar-refractivity contribution in [3.63, 3.8) is 0 Å². The van der Waals surface area contributed by atoms with Crippen molar-refractivity contribution in [2.75, 3.05) is 31.5 Å². The molecule has 9 nitrogen and oxygen atoms in total. The molecule has 1 unspecified atom stereocenters. The fourth-order valence-electron chi connectivity index (χ4n) is 5.28. The number of carbonyl (C=O) groups excluding carboxylic acids is 3. The molecule has 0 bridgehead atoms. The fraction of sp³-hybridized carbons (Fsp3) is 0.419. The molecule has 1 aliphatic carbocycles. The number of nitrogens with one attached hydrogen (secondary N) is 2. The third-order valence-corrected chi connectivity index (χ3v) is 9.96. The summed E-state index contributed by atoms with van der Waals surface area (Å²) in [6.45, 7) is 4.43. The van der Waals surface area contributed by atoms with Crippen LogP contribution in [0.4, 0.5) is 5.13 Å². The van der Waals surface area contributed by atoms with E-state index in [0.717, 1.165) is 41.0 Å². The number of nitrogens with zero attached hydrogens (tertiary/aromatic N) is 3. The largest absolute Gasteiger partial charge is 0.392 e. The summed E-state index contributed by atoms with van der Waals surface area (Å²) in [5.41, 5.74) is 3.30. The second kappa shape index (κ2) is 14.3. The maximum Gasteiger partial charge on any atom is 0.257 e. The van der Waals surface area contributed by atoms with Crippen molar-refractivity contribution < 1.29 is 19.5 Å². The predicted octanol–water partition coefficient (Wildman–Crippen LogP) is 4.39. The van der Waals surface area contributed by atoms with Gasteiger partial charge in [-0.15, -0.1) is 11.8 Å². The van der Waals surface area contributed by atoms with Gasteiger partial charge in [0.25, 0.3) is 11.8 Å². The van der Waals surface area contributed by atoms with Crippen LogP contribution in [0.1, 0.15) is 64.4 Å². The van der Waals surface area contributed by atoms with Crippen LogP contribution in [0, 0.1) is 0 Å². The Morgan fingerprint density at radius 3 is 2.45 bits per heavy atom. The highest BCUT2D eigenvalue weighted by Crippen LogP contribution is 2.31. The number of aliphatic hydroxyl groups is 1. The smallest absolute Gasteiger partial charge is 0.257 e. The van der Waals surface area contributed by atoms with E-state index in [2.05, 4.69) is 15.6 Å². The number of anilines is 1. The summed E-state index contributed by atoms with van der Waals surface area (Å²) < 4.78 is 0.966. The lowest BCUT2D eigenvalue weighted by molar-refractivity contribution is -0.130. The van der Waals surface area contributed by atoms with Gasteiger partial charge in [0.2, 0.25) is 5.91 Å². The van der Waals surface area contributed by atoms with E-state index < -0.39 is 0 Å². The molecule has 2 atom stereocenters. The lowest BCUT2D eigenvalue weighted by atomic mass is 9.92. The minimum Gasteiger partial charge on any atom is -0.392 e. The molecule has 0 spiro atoms. The summed E-state index contributed by atoms with van der Waals surface area (Å²) in [7, 11) is 0. The molecule has 5 rings (SSSR count). The number of hydrogen-bond acceptors (Lipinski definition) is 8. The van der Waals surface area contributed by atoms with Gasteiger partial charge in [-0.2, -0.15) is 0 Å². The van der Waals surface area contributed by atoms with Crippen molar-refractivity contribution in [1.29, 1.82) is 0 Å². The average Bonchev–Trinajstić information content (AvgIpc) is 3.46. The molecule has 0 radical (unpaired) electrons. The number of benzene rings is 2. The van der Waals surface area contributed by atoms with Gasteiger partial charge in [-0.05, 0) is 48.2 Å². The van der Waals surface area contributed by atoms with Crippen LogP contribution in [0.2, 0.25) is 0 Å². The molecule has 1 aromatic heterocycles. The Kier molecular flexibility index (Phi) is 10.3. The second-order valence-corrected chi connectivity index (χ2v) is 13.1. The summed E-state index contributed by atoms with van der Waals surface area (Å²) >= 11 is 3.02. The molecule has 3 amide bonds. The molecule has 42 heavy (non-hydrogen) atoms. The molecular formula is C31H37N5O4S2. The standard InChI is InChI=1S/C31H37N5O4S2/c1-21(37)35-13-15-36(16-14-35)30(40)25-6-4-5-23(17-25)20-41-28-19-33-31(42-28)34-29(39)24-11-9-22(10-12-24)18-32-26-7-2-3-8-27(26)38/h4-6,9-12,17,19,26-27,32,38H,2-3,7-8,13-16,18,20H2,1H3,(H,33,34,39)/t26?,27-/m0/s1. The maximum absolute atomic E-state index is 13.0. The van der Waals surface area contributed by atoms with Crippen molar-refractivity contribution in [3.05, 3.63) is 77.0 Å². The van der Waals surface area contributed by atoms with Crippen LogP contribution in [-0.4, -0.2) is 75.9 Å². The van der Waals surface area contributed by atoms with Crippen LogP contribution in [-0.2, 0) is 17.1 Å². The number of rotatable bonds is 9. The summed E-state index contributed by atoms with van der Waals surface area (Å²) in [6.07, 6.45) is 5.53. The van der Waals surface area contributed by atoms with Gasteiger partial charge in [0, 0.05) is 62.6 Å². The SMILES string of the molecule is CC(=O)N1CCN(C(=O)c2cccc(CSc3cnc(NC(=O)c4ccc(CNC5CCCC[C@@H]5O)cc4)s3)c2)CC1. The third kappa shape index (κ3) is 7.97. The number of aliphatic hydroxyl groups excluding tert-OH is 1. The lowest BCUT2D eigenvalue weighted by Gasteiger charge is -2.34. The first-order valence-corrected chi connectivity index (χ1v) is 16.2. The zero-order valence-corrected chi connectivity index (χ0v) is 25.4. The molecule has 3 N–H and O–H groups in total. The Labute approximate surface area is 254 Å². The molecule has 1 saturated carbocycles. The molecule has 2 fully saturated rings. The van der Waals surface area contributed by atoms with Gasteiger partial charge in [0.15, 0.2) is 5.13 Å². The Morgan fingerprint density at radius 2 is 1.71 bits per heavy atom. The van der Waals surface area contributed by atoms with E-state index in [0.29, 0.717) is 54.7 Å². The van der Waals surface area contributed by atoms with Crippen LogP contribution in [0.3, 0.4) is 0 Å². The van der Waals surface area contributed by atoms with E-state index in [1.165, 1.54) is 11.3 Å². The summed E-state index contributed by atoms with van der Waals surface area (Å²) in [5.74, 6) is 0.488. The highest BCUT2D eigenvalue weighted by atomic mass is 32.2. The van der Waals surface area contributed by atoms with Crippen molar-refractivity contribution in [2.45, 2.75) is 61.3 Å². The Hall–Kier alpha value is -3.25. The molecule has 222 valence electrons. The molecule has 2 aromatic carbocycles. The van der Waals surface area contributed by atoms with Gasteiger partial charge >= 0.3 is 0 Å². The normalized spacial score (nSPS) is 19.0. The van der Waals surface area contributed by atoms with Gasteiger partial charge < -0.3 is 20.2 Å². The molecular weight excluding hydrogens is 571 g/mol. The number of amides is 3. The first-order valence-electron chi connectivity index (χ1n) is 14.4. The van der Waals surface area contributed by atoms with E-state index >= 15 is 0 Å². The summed E-state index contributed by atoms with van der Waals surface area (Å²) in [4.78, 5) is 45.3. The minimum atomic E-state index is -0.286. The first-order chi connectivity index (χ1) is 20.4. The van der Waals surface area contributed by atoms with Gasteiger partial charge in [-0.1, -0.05) is 48.4 Å². The van der Waals surface area contributed by atoms with E-state index in [1.54, 1.807) is 34.7 Å². The van der Waals surface area contributed by atoms with Crippen molar-refractivity contribution in [3.8, 4) is 0 Å². The highest BCUT2D eigenvalue weighted by molar-refractivity contribution is 8.00. The monoisotopic (exact) mass is 607 g/mol. The molecule has 11 heteroatoms. The molecule has 1 aliphatic heterocycles. The van der Waals surface area contributed by atoms with E-state index in [1.807, 2.05) is 48.5 Å². The lowest BCUT2D eigenvalue weighted by Crippen LogP contribution is -2.50. The topological polar surface area (TPSA) is 115 Å². The van der Waals surface area contributed by atoms with Crippen LogP contribution < -0.4 is 10.6 Å². The van der Waals surface area contributed by atoms with Crippen molar-refractivity contribution >= 4 is 46.0 Å². The Bertz CT molecular complexity index is 1390. The summed E-state index contributed by atoms with van der Waals surface area (Å²) in [5, 5.41) is 17.0. The zero-order chi connectivity index (χ0) is 29.5. The van der Waals surface area contributed by atoms with Gasteiger partial charge in [-0.25, -0.2) is 4.98 Å². The van der Waals surface area contributed by atoms with E-state index in [-0.39, 0.29) is 29.9 Å². The number of carbonyl (C=O) groups is 3. The number of hydrogen-bond donors (Lipinski definition) is 3. The van der Waals surface area contributed by atoms with E-state index in [9.17, 15) is 19.5 Å². The Balaban J connectivity index is 1.09. The number of thioether (sulfide) groups is 1. The average molecular weight is 608 g/mol. The van der Waals surface area contributed by atoms with Gasteiger partial charge in [0.1, 0.15) is 0 Å². The van der Waals surface area contributed by atoms with Crippen LogP contribution >= 0.6 is 23.1 Å². The van der Waals surface area contributed by atoms with Crippen LogP contribution in [0.5, 0.6) is 0 Å². The first kappa shape index (κ1) is 30.2.